The number of nitro groups is 1. The third-order valence-corrected chi connectivity index (χ3v) is 2.55. The molecule has 0 aliphatic carbocycles. The summed E-state index contributed by atoms with van der Waals surface area (Å²) >= 11 is 0. The maximum atomic E-state index is 12.1. The first-order chi connectivity index (χ1) is 9.78. The molecule has 2 aromatic rings. The molecule has 110 valence electrons. The highest BCUT2D eigenvalue weighted by Gasteiger charge is 2.21. The van der Waals surface area contributed by atoms with Crippen molar-refractivity contribution in [1.29, 1.82) is 0 Å². The van der Waals surface area contributed by atoms with Gasteiger partial charge in [0.05, 0.1) is 4.92 Å². The highest BCUT2D eigenvalue weighted by atomic mass is 16.6. The van der Waals surface area contributed by atoms with Gasteiger partial charge >= 0.3 is 6.09 Å². The van der Waals surface area contributed by atoms with Crippen molar-refractivity contribution in [2.75, 3.05) is 0 Å². The Morgan fingerprint density at radius 2 is 2.10 bits per heavy atom. The summed E-state index contributed by atoms with van der Waals surface area (Å²) in [6.45, 7) is 5.28. The number of carbonyl (C=O) groups excluding carboxylic acids is 1. The Balaban J connectivity index is 2.39. The van der Waals surface area contributed by atoms with Crippen LogP contribution < -0.4 is 0 Å². The van der Waals surface area contributed by atoms with Crippen molar-refractivity contribution >= 4 is 11.8 Å². The van der Waals surface area contributed by atoms with Crippen molar-refractivity contribution in [3.8, 4) is 11.4 Å². The number of nitro benzene ring substituents is 1. The number of imidazole rings is 1. The van der Waals surface area contributed by atoms with Crippen molar-refractivity contribution in [2.45, 2.75) is 26.4 Å². The molecule has 7 nitrogen and oxygen atoms in total. The summed E-state index contributed by atoms with van der Waals surface area (Å²) in [5, 5.41) is 10.8. The zero-order valence-electron chi connectivity index (χ0n) is 11.9. The van der Waals surface area contributed by atoms with Crippen LogP contribution in [0.4, 0.5) is 10.5 Å². The Labute approximate surface area is 121 Å². The van der Waals surface area contributed by atoms with E-state index in [-0.39, 0.29) is 5.69 Å². The first kappa shape index (κ1) is 14.7. The number of non-ortho nitro benzene ring substituents is 1. The van der Waals surface area contributed by atoms with E-state index in [4.69, 9.17) is 4.74 Å². The minimum absolute atomic E-state index is 0.0637. The molecule has 0 unspecified atom stereocenters. The molecule has 1 aromatic carbocycles. The number of carbonyl (C=O) groups is 1. The largest absolute Gasteiger partial charge is 0.443 e. The van der Waals surface area contributed by atoms with Gasteiger partial charge in [0.1, 0.15) is 11.4 Å². The summed E-state index contributed by atoms with van der Waals surface area (Å²) in [7, 11) is 0. The maximum absolute atomic E-state index is 12.1. The summed E-state index contributed by atoms with van der Waals surface area (Å²) < 4.78 is 6.50. The molecule has 1 heterocycles. The predicted octanol–water partition coefficient (Wildman–Crippen LogP) is 3.24. The summed E-state index contributed by atoms with van der Waals surface area (Å²) in [6.07, 6.45) is 2.32. The molecule has 0 saturated heterocycles. The zero-order valence-corrected chi connectivity index (χ0v) is 11.9. The molecule has 0 radical (unpaired) electrons. The molecule has 0 atom stereocenters. The molecule has 0 spiro atoms. The van der Waals surface area contributed by atoms with Crippen LogP contribution in [0.25, 0.3) is 11.4 Å². The fourth-order valence-corrected chi connectivity index (χ4v) is 1.73. The van der Waals surface area contributed by atoms with Crippen LogP contribution in [0.2, 0.25) is 0 Å². The van der Waals surface area contributed by atoms with Gasteiger partial charge in [0, 0.05) is 30.1 Å². The van der Waals surface area contributed by atoms with Crippen LogP contribution in [-0.4, -0.2) is 26.2 Å². The van der Waals surface area contributed by atoms with Gasteiger partial charge in [-0.1, -0.05) is 12.1 Å². The molecule has 0 saturated carbocycles. The Bertz CT molecular complexity index is 686. The summed E-state index contributed by atoms with van der Waals surface area (Å²) in [4.78, 5) is 26.5. The van der Waals surface area contributed by atoms with Gasteiger partial charge < -0.3 is 4.74 Å². The van der Waals surface area contributed by atoms with Gasteiger partial charge in [-0.2, -0.15) is 0 Å². The number of aromatic nitrogens is 2. The molecular weight excluding hydrogens is 274 g/mol. The van der Waals surface area contributed by atoms with Crippen LogP contribution in [0.15, 0.2) is 36.7 Å². The van der Waals surface area contributed by atoms with Gasteiger partial charge in [0.25, 0.3) is 5.69 Å². The molecule has 0 aliphatic rings. The highest BCUT2D eigenvalue weighted by molar-refractivity contribution is 5.77. The quantitative estimate of drug-likeness (QED) is 0.625. The summed E-state index contributed by atoms with van der Waals surface area (Å²) in [6, 6.07) is 5.94. The van der Waals surface area contributed by atoms with E-state index in [2.05, 4.69) is 4.98 Å². The minimum atomic E-state index is -0.638. The van der Waals surface area contributed by atoms with Gasteiger partial charge in [0.15, 0.2) is 0 Å². The number of hydrogen-bond acceptors (Lipinski definition) is 5. The third kappa shape index (κ3) is 3.44. The molecule has 0 aliphatic heterocycles. The van der Waals surface area contributed by atoms with Gasteiger partial charge in [-0.25, -0.2) is 14.3 Å². The van der Waals surface area contributed by atoms with Gasteiger partial charge in [-0.05, 0) is 20.8 Å². The first-order valence-corrected chi connectivity index (χ1v) is 6.29. The monoisotopic (exact) mass is 289 g/mol. The lowest BCUT2D eigenvalue weighted by Gasteiger charge is -2.20. The van der Waals surface area contributed by atoms with Crippen LogP contribution in [-0.2, 0) is 4.74 Å². The maximum Gasteiger partial charge on any atom is 0.420 e. The number of ether oxygens (including phenoxy) is 1. The van der Waals surface area contributed by atoms with E-state index in [1.54, 1.807) is 32.9 Å². The van der Waals surface area contributed by atoms with Gasteiger partial charge in [-0.3, -0.25) is 10.1 Å². The Morgan fingerprint density at radius 3 is 2.71 bits per heavy atom. The van der Waals surface area contributed by atoms with Crippen molar-refractivity contribution in [1.82, 2.24) is 9.55 Å². The molecule has 21 heavy (non-hydrogen) atoms. The van der Waals surface area contributed by atoms with Gasteiger partial charge in [-0.15, -0.1) is 0 Å². The van der Waals surface area contributed by atoms with Crippen LogP contribution in [0.5, 0.6) is 0 Å². The van der Waals surface area contributed by atoms with Crippen molar-refractivity contribution in [3.63, 3.8) is 0 Å². The smallest absolute Gasteiger partial charge is 0.420 e. The number of benzene rings is 1. The number of hydrogen-bond donors (Lipinski definition) is 0. The second-order valence-electron chi connectivity index (χ2n) is 5.41. The average molecular weight is 289 g/mol. The Morgan fingerprint density at radius 1 is 1.38 bits per heavy atom. The standard InChI is InChI=1S/C14H15N3O4/c1-14(2,3)21-13(18)16-8-7-15-12(16)10-5-4-6-11(9-10)17(19)20/h4-9H,1-3H3. The number of rotatable bonds is 2. The normalized spacial score (nSPS) is 11.2. The summed E-state index contributed by atoms with van der Waals surface area (Å²) in [5.74, 6) is 0.299. The molecule has 2 rings (SSSR count). The lowest BCUT2D eigenvalue weighted by Crippen LogP contribution is -2.27. The molecule has 0 fully saturated rings. The zero-order chi connectivity index (χ0) is 15.6. The summed E-state index contributed by atoms with van der Waals surface area (Å²) in [5.41, 5.74) is -0.229. The molecule has 0 amide bonds. The molecule has 0 bridgehead atoms. The lowest BCUT2D eigenvalue weighted by molar-refractivity contribution is -0.384. The van der Waals surface area contributed by atoms with Crippen molar-refractivity contribution in [2.24, 2.45) is 0 Å². The SMILES string of the molecule is CC(C)(C)OC(=O)n1ccnc1-c1cccc([N+](=O)[O-])c1. The molecule has 0 N–H and O–H groups in total. The minimum Gasteiger partial charge on any atom is -0.443 e. The topological polar surface area (TPSA) is 87.3 Å². The van der Waals surface area contributed by atoms with Crippen LogP contribution in [0, 0.1) is 10.1 Å². The second-order valence-corrected chi connectivity index (χ2v) is 5.41. The molecule has 1 aromatic heterocycles. The molecular formula is C14H15N3O4. The second kappa shape index (κ2) is 5.35. The average Bonchev–Trinajstić information content (AvgIpc) is 2.86. The first-order valence-electron chi connectivity index (χ1n) is 6.29. The van der Waals surface area contributed by atoms with Gasteiger partial charge in [0.2, 0.25) is 0 Å². The predicted molar refractivity (Wildman–Crippen MR) is 75.9 cm³/mol. The van der Waals surface area contributed by atoms with Crippen molar-refractivity contribution in [3.05, 3.63) is 46.8 Å². The van der Waals surface area contributed by atoms with Crippen LogP contribution >= 0.6 is 0 Å². The van der Waals surface area contributed by atoms with E-state index in [1.807, 2.05) is 0 Å². The third-order valence-electron chi connectivity index (χ3n) is 2.55. The highest BCUT2D eigenvalue weighted by Crippen LogP contribution is 2.23. The van der Waals surface area contributed by atoms with Crippen LogP contribution in [0.1, 0.15) is 20.8 Å². The fraction of sp³-hybridized carbons (Fsp3) is 0.286. The lowest BCUT2D eigenvalue weighted by atomic mass is 10.2. The number of nitrogens with zero attached hydrogens (tertiary/aromatic N) is 3. The van der Waals surface area contributed by atoms with Crippen molar-refractivity contribution < 1.29 is 14.5 Å². The van der Waals surface area contributed by atoms with E-state index in [0.717, 1.165) is 0 Å². The Hall–Kier alpha value is -2.70. The van der Waals surface area contributed by atoms with E-state index in [0.29, 0.717) is 11.4 Å². The van der Waals surface area contributed by atoms with E-state index in [1.165, 1.54) is 29.1 Å². The van der Waals surface area contributed by atoms with E-state index >= 15 is 0 Å². The Kier molecular flexibility index (Phi) is 3.75. The van der Waals surface area contributed by atoms with E-state index in [9.17, 15) is 14.9 Å². The molecule has 7 heteroatoms. The fourth-order valence-electron chi connectivity index (χ4n) is 1.73. The van der Waals surface area contributed by atoms with E-state index < -0.39 is 16.6 Å². The van der Waals surface area contributed by atoms with Crippen LogP contribution in [0.3, 0.4) is 0 Å².